The van der Waals surface area contributed by atoms with Crippen LogP contribution in [0.3, 0.4) is 0 Å². The van der Waals surface area contributed by atoms with Crippen LogP contribution in [0.1, 0.15) is 53.4 Å². The Kier molecular flexibility index (Phi) is 7.41. The van der Waals surface area contributed by atoms with E-state index >= 15 is 0 Å². The first-order chi connectivity index (χ1) is 16.4. The maximum Gasteiger partial charge on any atom is 0.316 e. The summed E-state index contributed by atoms with van der Waals surface area (Å²) in [4.78, 5) is 23.8. The third-order valence-electron chi connectivity index (χ3n) is 5.69. The van der Waals surface area contributed by atoms with E-state index < -0.39 is 0 Å². The molecule has 3 aromatic rings. The molecule has 1 aromatic heterocycles. The molecule has 1 aliphatic rings. The summed E-state index contributed by atoms with van der Waals surface area (Å²) in [5.74, 6) is -0.141. The second-order valence-corrected chi connectivity index (χ2v) is 9.00. The van der Waals surface area contributed by atoms with Crippen molar-refractivity contribution in [3.63, 3.8) is 0 Å². The van der Waals surface area contributed by atoms with Gasteiger partial charge in [0.15, 0.2) is 0 Å². The van der Waals surface area contributed by atoms with Crippen LogP contribution in [0.4, 0.5) is 0 Å². The smallest absolute Gasteiger partial charge is 0.316 e. The highest BCUT2D eigenvalue weighted by Crippen LogP contribution is 2.32. The molecule has 2 atom stereocenters. The molecule has 0 radical (unpaired) electrons. The fourth-order valence-corrected chi connectivity index (χ4v) is 4.23. The summed E-state index contributed by atoms with van der Waals surface area (Å²) >= 11 is 6.13. The van der Waals surface area contributed by atoms with Gasteiger partial charge >= 0.3 is 6.01 Å². The quantitative estimate of drug-likeness (QED) is 0.545. The van der Waals surface area contributed by atoms with Gasteiger partial charge in [0, 0.05) is 47.7 Å². The third-order valence-corrected chi connectivity index (χ3v) is 5.94. The fourth-order valence-electron chi connectivity index (χ4n) is 4.10. The number of nitrogens with one attached hydrogen (secondary N) is 1. The molecule has 8 heteroatoms. The van der Waals surface area contributed by atoms with E-state index in [1.54, 1.807) is 36.7 Å². The standard InChI is InChI=1S/C26H26ClN5O2/c1-17(2)34-26-29-14-21(15-30-26)24(19-7-9-22(27)10-8-19)32-12-11-23(16-32)31-25(33)20-5-3-18(13-28)4-6-20/h3-10,14-15,17,23-24H,11-12,16H2,1-2H3,(H,31,33)/t23?,24-/m1/s1. The number of aromatic nitrogens is 2. The molecule has 0 bridgehead atoms. The van der Waals surface area contributed by atoms with Crippen LogP contribution in [-0.4, -0.2) is 46.0 Å². The zero-order valence-electron chi connectivity index (χ0n) is 19.1. The number of nitrogens with zero attached hydrogens (tertiary/aromatic N) is 4. The predicted octanol–water partition coefficient (Wildman–Crippen LogP) is 4.38. The van der Waals surface area contributed by atoms with Gasteiger partial charge in [0.25, 0.3) is 5.91 Å². The summed E-state index contributed by atoms with van der Waals surface area (Å²) in [5.41, 5.74) is 3.09. The van der Waals surface area contributed by atoms with Crippen LogP contribution in [0, 0.1) is 11.3 Å². The van der Waals surface area contributed by atoms with Crippen LogP contribution in [-0.2, 0) is 0 Å². The minimum absolute atomic E-state index is 0.00223. The molecule has 1 fully saturated rings. The number of benzene rings is 2. The zero-order chi connectivity index (χ0) is 24.1. The minimum Gasteiger partial charge on any atom is -0.461 e. The fraction of sp³-hybridized carbons (Fsp3) is 0.308. The van der Waals surface area contributed by atoms with Crippen LogP contribution >= 0.6 is 11.6 Å². The van der Waals surface area contributed by atoms with Crippen molar-refractivity contribution < 1.29 is 9.53 Å². The molecule has 174 valence electrons. The van der Waals surface area contributed by atoms with Crippen LogP contribution in [0.15, 0.2) is 60.9 Å². The highest BCUT2D eigenvalue weighted by Gasteiger charge is 2.31. The summed E-state index contributed by atoms with van der Waals surface area (Å²) < 4.78 is 5.59. The maximum absolute atomic E-state index is 12.7. The number of carbonyl (C=O) groups is 1. The van der Waals surface area contributed by atoms with E-state index in [2.05, 4.69) is 26.3 Å². The first-order valence-electron chi connectivity index (χ1n) is 11.2. The molecule has 0 spiro atoms. The molecule has 2 heterocycles. The Balaban J connectivity index is 1.51. The second-order valence-electron chi connectivity index (χ2n) is 8.56. The van der Waals surface area contributed by atoms with Crippen molar-refractivity contribution in [2.75, 3.05) is 13.1 Å². The topological polar surface area (TPSA) is 91.1 Å². The normalized spacial score (nSPS) is 16.7. The minimum atomic E-state index is -0.141. The first-order valence-corrected chi connectivity index (χ1v) is 11.6. The molecule has 1 N–H and O–H groups in total. The van der Waals surface area contributed by atoms with Gasteiger partial charge in [-0.05, 0) is 62.2 Å². The van der Waals surface area contributed by atoms with E-state index in [9.17, 15) is 4.79 Å². The summed E-state index contributed by atoms with van der Waals surface area (Å²) in [6.45, 7) is 5.35. The van der Waals surface area contributed by atoms with Crippen molar-refractivity contribution in [3.05, 3.63) is 88.2 Å². The maximum atomic E-state index is 12.7. The summed E-state index contributed by atoms with van der Waals surface area (Å²) in [5, 5.41) is 12.8. The van der Waals surface area contributed by atoms with Gasteiger partial charge in [-0.2, -0.15) is 5.26 Å². The summed E-state index contributed by atoms with van der Waals surface area (Å²) in [6.07, 6.45) is 4.41. The van der Waals surface area contributed by atoms with Gasteiger partial charge in [-0.25, -0.2) is 9.97 Å². The van der Waals surface area contributed by atoms with Gasteiger partial charge in [0.2, 0.25) is 0 Å². The molecule has 4 rings (SSSR count). The molecule has 0 aliphatic carbocycles. The van der Waals surface area contributed by atoms with Gasteiger partial charge in [-0.1, -0.05) is 23.7 Å². The van der Waals surface area contributed by atoms with Crippen LogP contribution < -0.4 is 10.1 Å². The highest BCUT2D eigenvalue weighted by atomic mass is 35.5. The van der Waals surface area contributed by atoms with Crippen molar-refractivity contribution in [2.24, 2.45) is 0 Å². The van der Waals surface area contributed by atoms with Gasteiger partial charge in [0.1, 0.15) is 0 Å². The van der Waals surface area contributed by atoms with E-state index in [-0.39, 0.29) is 24.1 Å². The number of hydrogen-bond acceptors (Lipinski definition) is 6. The molecule has 7 nitrogen and oxygen atoms in total. The molecule has 0 saturated carbocycles. The lowest BCUT2D eigenvalue weighted by molar-refractivity contribution is 0.0937. The number of rotatable bonds is 7. The third kappa shape index (κ3) is 5.71. The Hall–Kier alpha value is -3.47. The lowest BCUT2D eigenvalue weighted by Crippen LogP contribution is -2.38. The first kappa shape index (κ1) is 23.7. The lowest BCUT2D eigenvalue weighted by Gasteiger charge is -2.28. The van der Waals surface area contributed by atoms with E-state index in [4.69, 9.17) is 21.6 Å². The van der Waals surface area contributed by atoms with E-state index in [1.165, 1.54) is 0 Å². The second kappa shape index (κ2) is 10.6. The Morgan fingerprint density at radius 1 is 1.12 bits per heavy atom. The van der Waals surface area contributed by atoms with Gasteiger partial charge in [-0.15, -0.1) is 0 Å². The Morgan fingerprint density at radius 2 is 1.79 bits per heavy atom. The SMILES string of the molecule is CC(C)Oc1ncc([C@@H](c2ccc(Cl)cc2)N2CCC(NC(=O)c3ccc(C#N)cc3)C2)cn1. The molecule has 2 aromatic carbocycles. The van der Waals surface area contributed by atoms with E-state index in [0.29, 0.717) is 28.7 Å². The van der Waals surface area contributed by atoms with E-state index in [0.717, 1.165) is 24.1 Å². The molecule has 34 heavy (non-hydrogen) atoms. The molecule has 1 aliphatic heterocycles. The van der Waals surface area contributed by atoms with Crippen molar-refractivity contribution in [3.8, 4) is 12.1 Å². The Morgan fingerprint density at radius 3 is 2.41 bits per heavy atom. The number of ether oxygens (including phenoxy) is 1. The monoisotopic (exact) mass is 475 g/mol. The number of likely N-dealkylation sites (tertiary alicyclic amines) is 1. The summed E-state index contributed by atoms with van der Waals surface area (Å²) in [7, 11) is 0. The highest BCUT2D eigenvalue weighted by molar-refractivity contribution is 6.30. The molecule has 1 unspecified atom stereocenters. The van der Waals surface area contributed by atoms with Crippen molar-refractivity contribution in [1.29, 1.82) is 5.26 Å². The molecular weight excluding hydrogens is 450 g/mol. The predicted molar refractivity (Wildman–Crippen MR) is 130 cm³/mol. The number of amides is 1. The Bertz CT molecular complexity index is 1160. The average molecular weight is 476 g/mol. The van der Waals surface area contributed by atoms with Crippen LogP contribution in [0.25, 0.3) is 0 Å². The van der Waals surface area contributed by atoms with Gasteiger partial charge in [-0.3, -0.25) is 9.69 Å². The number of nitriles is 1. The van der Waals surface area contributed by atoms with Crippen molar-refractivity contribution in [2.45, 2.75) is 38.5 Å². The molecule has 1 amide bonds. The Labute approximate surface area is 204 Å². The van der Waals surface area contributed by atoms with Crippen LogP contribution in [0.2, 0.25) is 5.02 Å². The average Bonchev–Trinajstić information content (AvgIpc) is 3.29. The number of carbonyl (C=O) groups excluding carboxylic acids is 1. The molecule has 1 saturated heterocycles. The number of halogens is 1. The van der Waals surface area contributed by atoms with Gasteiger partial charge in [0.05, 0.1) is 23.8 Å². The van der Waals surface area contributed by atoms with Gasteiger partial charge < -0.3 is 10.1 Å². The number of hydrogen-bond donors (Lipinski definition) is 1. The lowest BCUT2D eigenvalue weighted by atomic mass is 10.00. The van der Waals surface area contributed by atoms with Crippen LogP contribution in [0.5, 0.6) is 6.01 Å². The zero-order valence-corrected chi connectivity index (χ0v) is 19.9. The largest absolute Gasteiger partial charge is 0.461 e. The van der Waals surface area contributed by atoms with E-state index in [1.807, 2.05) is 38.1 Å². The van der Waals surface area contributed by atoms with Crippen molar-refractivity contribution >= 4 is 17.5 Å². The van der Waals surface area contributed by atoms with Crippen molar-refractivity contribution in [1.82, 2.24) is 20.2 Å². The summed E-state index contributed by atoms with van der Waals surface area (Å²) in [6, 6.07) is 16.8. The molecular formula is C26H26ClN5O2.